The van der Waals surface area contributed by atoms with Crippen molar-refractivity contribution in [2.45, 2.75) is 0 Å². The topological polar surface area (TPSA) is 97.1 Å². The first-order chi connectivity index (χ1) is 62.4. The standard InChI is InChI=1S/2C57H35N5S/c1-3-14-36(15-4-1)55-58-56(37-16-5-2-6-17-37)60-57(59-55)40-18-13-19-41(32-40)61-49-23-10-7-20-43(49)46-33-38(26-29-51(46)61)39-27-30-52-47(34-39)44-21-8-11-24-50(44)62(52)42-28-31-54-48(35-42)45-22-9-12-25-53(45)63-54;1-3-13-36(14-4-1)55-58-56(37-15-5-2-6-16-37)60-57(59-55)38-23-27-41(28-24-38)61-49-20-10-7-17-43(49)46-33-39(25-30-51(46)61)40-26-31-52-47(34-40)44-18-8-11-21-50(44)62(52)42-29-32-54-48(35-42)45-19-9-12-22-53(45)63-54/h2*1-35H. The first-order valence-corrected chi connectivity index (χ1v) is 44.0. The van der Waals surface area contributed by atoms with Crippen molar-refractivity contribution in [3.63, 3.8) is 0 Å². The summed E-state index contributed by atoms with van der Waals surface area (Å²) < 4.78 is 14.8. The van der Waals surface area contributed by atoms with Crippen molar-refractivity contribution in [3.8, 4) is 113 Å². The molecule has 0 saturated heterocycles. The summed E-state index contributed by atoms with van der Waals surface area (Å²) in [6.45, 7) is 0. The number of rotatable bonds is 12. The van der Waals surface area contributed by atoms with Crippen LogP contribution in [0.2, 0.25) is 0 Å². The van der Waals surface area contributed by atoms with Gasteiger partial charge < -0.3 is 18.3 Å². The summed E-state index contributed by atoms with van der Waals surface area (Å²) in [7, 11) is 0. The number of nitrogens with zero attached hydrogens (tertiary/aromatic N) is 10. The molecule has 0 N–H and O–H groups in total. The normalized spacial score (nSPS) is 11.8. The molecule has 26 aromatic rings. The fourth-order valence-electron chi connectivity index (χ4n) is 18.8. The maximum absolute atomic E-state index is 5.04. The van der Waals surface area contributed by atoms with Gasteiger partial charge in [-0.05, 0) is 180 Å². The molecule has 0 atom stereocenters. The Bertz CT molecular complexity index is 8730. The van der Waals surface area contributed by atoms with Crippen LogP contribution in [0.15, 0.2) is 425 Å². The van der Waals surface area contributed by atoms with E-state index in [1.807, 2.05) is 144 Å². The van der Waals surface area contributed by atoms with E-state index in [0.29, 0.717) is 34.9 Å². The Balaban J connectivity index is 0.000000137. The highest BCUT2D eigenvalue weighted by atomic mass is 32.1. The maximum Gasteiger partial charge on any atom is 0.164 e. The molecule has 18 aromatic carbocycles. The van der Waals surface area contributed by atoms with Gasteiger partial charge in [0.05, 0.1) is 44.1 Å². The Hall–Kier alpha value is -16.4. The minimum absolute atomic E-state index is 0.630. The molecule has 8 aromatic heterocycles. The van der Waals surface area contributed by atoms with Gasteiger partial charge in [0.2, 0.25) is 0 Å². The number of fused-ring (bicyclic) bond motifs is 18. The first kappa shape index (κ1) is 72.4. The van der Waals surface area contributed by atoms with Gasteiger partial charge in [-0.25, -0.2) is 29.9 Å². The van der Waals surface area contributed by atoms with Crippen LogP contribution < -0.4 is 0 Å². The minimum Gasteiger partial charge on any atom is -0.309 e. The molecule has 0 spiro atoms. The van der Waals surface area contributed by atoms with Crippen molar-refractivity contribution >= 4 is 150 Å². The average Bonchev–Trinajstić information content (AvgIpc) is 1.59. The molecule has 0 saturated carbocycles. The van der Waals surface area contributed by atoms with Gasteiger partial charge in [0.25, 0.3) is 0 Å². The van der Waals surface area contributed by atoms with E-state index in [9.17, 15) is 0 Å². The second-order valence-electron chi connectivity index (χ2n) is 32.1. The van der Waals surface area contributed by atoms with Crippen LogP contribution in [0.3, 0.4) is 0 Å². The number of hydrogen-bond acceptors (Lipinski definition) is 8. The summed E-state index contributed by atoms with van der Waals surface area (Å²) in [5.74, 6) is 3.85. The fourth-order valence-corrected chi connectivity index (χ4v) is 21.0. The van der Waals surface area contributed by atoms with Gasteiger partial charge in [-0.3, -0.25) is 0 Å². The third kappa shape index (κ3) is 12.3. The van der Waals surface area contributed by atoms with Crippen molar-refractivity contribution in [2.24, 2.45) is 0 Å². The molecule has 0 fully saturated rings. The van der Waals surface area contributed by atoms with Gasteiger partial charge in [-0.2, -0.15) is 0 Å². The molecule has 0 aliphatic rings. The van der Waals surface area contributed by atoms with Crippen LogP contribution in [0.5, 0.6) is 0 Å². The van der Waals surface area contributed by atoms with Gasteiger partial charge in [0.15, 0.2) is 34.9 Å². The largest absolute Gasteiger partial charge is 0.309 e. The third-order valence-electron chi connectivity index (χ3n) is 24.7. The van der Waals surface area contributed by atoms with E-state index in [1.54, 1.807) is 0 Å². The summed E-state index contributed by atoms with van der Waals surface area (Å²) in [6.07, 6.45) is 0. The molecule has 10 nitrogen and oxygen atoms in total. The van der Waals surface area contributed by atoms with Gasteiger partial charge in [-0.1, -0.05) is 267 Å². The van der Waals surface area contributed by atoms with E-state index in [-0.39, 0.29) is 0 Å². The molecule has 0 aliphatic carbocycles. The SMILES string of the molecule is c1ccc(-c2nc(-c3ccccc3)nc(-c3ccc(-n4c5ccccc5c5cc(-c6ccc7c(c6)c6ccccc6n7-c6ccc7sc8ccccc8c7c6)ccc54)cc3)n2)cc1.c1ccc(-c2nc(-c3ccccc3)nc(-c3cccc(-n4c5ccccc5c5cc(-c6ccc7c(c6)c6ccccc6n7-c6ccc7sc8ccccc8c7c6)ccc54)c3)n2)cc1. The zero-order valence-electron chi connectivity index (χ0n) is 67.7. The van der Waals surface area contributed by atoms with Crippen LogP contribution in [0, 0.1) is 0 Å². The summed E-state index contributed by atoms with van der Waals surface area (Å²) >= 11 is 3.71. The Morgan fingerprint density at radius 3 is 0.714 bits per heavy atom. The highest BCUT2D eigenvalue weighted by molar-refractivity contribution is 7.26. The lowest BCUT2D eigenvalue weighted by Crippen LogP contribution is -2.01. The molecular weight excluding hydrogens is 1570 g/mol. The van der Waals surface area contributed by atoms with Gasteiger partial charge in [-0.15, -0.1) is 22.7 Å². The summed E-state index contributed by atoms with van der Waals surface area (Å²) in [5.41, 5.74) is 24.2. The smallest absolute Gasteiger partial charge is 0.164 e. The molecule has 26 rings (SSSR count). The molecule has 588 valence electrons. The Morgan fingerprint density at radius 2 is 0.373 bits per heavy atom. The molecule has 8 heterocycles. The number of thiophene rings is 2. The number of para-hydroxylation sites is 4. The Morgan fingerprint density at radius 1 is 0.135 bits per heavy atom. The highest BCUT2D eigenvalue weighted by Gasteiger charge is 2.23. The van der Waals surface area contributed by atoms with Crippen molar-refractivity contribution in [1.29, 1.82) is 0 Å². The van der Waals surface area contributed by atoms with E-state index < -0.39 is 0 Å². The predicted octanol–water partition coefficient (Wildman–Crippen LogP) is 30.2. The lowest BCUT2D eigenvalue weighted by atomic mass is 10.0. The fraction of sp³-hybridized carbons (Fsp3) is 0. The van der Waals surface area contributed by atoms with Crippen LogP contribution in [0.4, 0.5) is 0 Å². The van der Waals surface area contributed by atoms with Crippen LogP contribution in [0.25, 0.3) is 241 Å². The highest BCUT2D eigenvalue weighted by Crippen LogP contribution is 2.45. The van der Waals surface area contributed by atoms with E-state index >= 15 is 0 Å². The maximum atomic E-state index is 5.04. The summed E-state index contributed by atoms with van der Waals surface area (Å²) in [6, 6.07) is 152. The number of hydrogen-bond donors (Lipinski definition) is 0. The molecule has 0 bridgehead atoms. The summed E-state index contributed by atoms with van der Waals surface area (Å²) in [5, 5.41) is 15.0. The Kier molecular flexibility index (Phi) is 17.1. The molecule has 0 amide bonds. The van der Waals surface area contributed by atoms with Crippen molar-refractivity contribution < 1.29 is 0 Å². The van der Waals surface area contributed by atoms with Crippen LogP contribution in [0.1, 0.15) is 0 Å². The lowest BCUT2D eigenvalue weighted by Gasteiger charge is -2.12. The van der Waals surface area contributed by atoms with Crippen LogP contribution in [-0.2, 0) is 0 Å². The van der Waals surface area contributed by atoms with E-state index in [1.165, 1.54) is 139 Å². The molecule has 12 heteroatoms. The predicted molar refractivity (Wildman–Crippen MR) is 526 cm³/mol. The van der Waals surface area contributed by atoms with Gasteiger partial charge in [0, 0.05) is 140 Å². The average molecular weight is 1640 g/mol. The number of aromatic nitrogens is 10. The third-order valence-corrected chi connectivity index (χ3v) is 27.0. The molecule has 0 radical (unpaired) electrons. The Labute approximate surface area is 731 Å². The zero-order chi connectivity index (χ0) is 82.9. The molecule has 0 aliphatic heterocycles. The lowest BCUT2D eigenvalue weighted by molar-refractivity contribution is 1.07. The zero-order valence-corrected chi connectivity index (χ0v) is 69.3. The van der Waals surface area contributed by atoms with Gasteiger partial charge in [0.1, 0.15) is 0 Å². The summed E-state index contributed by atoms with van der Waals surface area (Å²) in [4.78, 5) is 29.8. The molecular formula is C114H70N10S2. The van der Waals surface area contributed by atoms with Gasteiger partial charge >= 0.3 is 0 Å². The quantitative estimate of drug-likeness (QED) is 0.121. The monoisotopic (exact) mass is 1640 g/mol. The van der Waals surface area contributed by atoms with Crippen molar-refractivity contribution in [2.75, 3.05) is 0 Å². The van der Waals surface area contributed by atoms with E-state index in [2.05, 4.69) is 322 Å². The second-order valence-corrected chi connectivity index (χ2v) is 34.2. The van der Waals surface area contributed by atoms with Crippen LogP contribution in [-0.4, -0.2) is 48.2 Å². The number of benzene rings is 18. The molecule has 0 unspecified atom stereocenters. The van der Waals surface area contributed by atoms with Crippen LogP contribution >= 0.6 is 22.7 Å². The second kappa shape index (κ2) is 29.8. The van der Waals surface area contributed by atoms with Crippen molar-refractivity contribution in [3.05, 3.63) is 425 Å². The van der Waals surface area contributed by atoms with Crippen molar-refractivity contribution in [1.82, 2.24) is 48.2 Å². The first-order valence-electron chi connectivity index (χ1n) is 42.4. The minimum atomic E-state index is 0.630. The van der Waals surface area contributed by atoms with E-state index in [0.717, 1.165) is 66.8 Å². The van der Waals surface area contributed by atoms with E-state index in [4.69, 9.17) is 29.9 Å². The molecule has 126 heavy (non-hydrogen) atoms.